The molecular weight excluding hydrogens is 380 g/mol. The molecule has 0 aromatic heterocycles. The first-order valence-corrected chi connectivity index (χ1v) is 9.80. The van der Waals surface area contributed by atoms with E-state index in [1.807, 2.05) is 0 Å². The van der Waals surface area contributed by atoms with Gasteiger partial charge in [-0.05, 0) is 25.0 Å². The monoisotopic (exact) mass is 405 g/mol. The van der Waals surface area contributed by atoms with Gasteiger partial charge in [0, 0.05) is 45.7 Å². The molecule has 0 spiro atoms. The third kappa shape index (κ3) is 5.04. The molecule has 1 atom stereocenters. The molecule has 2 aliphatic heterocycles. The molecule has 8 heteroatoms. The third-order valence-corrected chi connectivity index (χ3v) is 5.39. The Labute approximate surface area is 169 Å². The van der Waals surface area contributed by atoms with E-state index in [2.05, 4.69) is 15.6 Å². The second kappa shape index (κ2) is 9.70. The molecule has 2 amide bonds. The average Bonchev–Trinajstić information content (AvgIpc) is 3.21. The predicted octanol–water partition coefficient (Wildman–Crippen LogP) is 2.06. The standard InChI is InChI=1S/C21H25F2N3O3/c1-2-3-10-24-12-14-25(15-13-24)20(28)17-8-6-11-26(17)19(27)16-7-4-5-9-18(16)29-21(22)23/h1,4-5,7,9,17,21H,3,6,8,10-15H2. The molecular formula is C21H25F2N3O3. The highest BCUT2D eigenvalue weighted by Gasteiger charge is 2.38. The maximum absolute atomic E-state index is 13.1. The summed E-state index contributed by atoms with van der Waals surface area (Å²) in [6.45, 7) is 0.886. The van der Waals surface area contributed by atoms with Crippen LogP contribution in [0.5, 0.6) is 5.75 Å². The molecule has 6 nitrogen and oxygen atoms in total. The van der Waals surface area contributed by atoms with Gasteiger partial charge in [-0.2, -0.15) is 8.78 Å². The van der Waals surface area contributed by atoms with E-state index in [1.165, 1.54) is 23.1 Å². The van der Waals surface area contributed by atoms with Gasteiger partial charge in [-0.15, -0.1) is 12.3 Å². The molecule has 0 saturated carbocycles. The Balaban J connectivity index is 1.67. The van der Waals surface area contributed by atoms with Crippen LogP contribution in [-0.4, -0.2) is 78.4 Å². The molecule has 0 N–H and O–H groups in total. The zero-order valence-corrected chi connectivity index (χ0v) is 16.2. The minimum Gasteiger partial charge on any atom is -0.434 e. The van der Waals surface area contributed by atoms with Gasteiger partial charge < -0.3 is 14.5 Å². The van der Waals surface area contributed by atoms with Crippen molar-refractivity contribution in [1.82, 2.24) is 14.7 Å². The molecule has 29 heavy (non-hydrogen) atoms. The summed E-state index contributed by atoms with van der Waals surface area (Å²) in [6, 6.07) is 5.33. The van der Waals surface area contributed by atoms with Crippen LogP contribution < -0.4 is 4.74 Å². The molecule has 1 aromatic rings. The number of hydrogen-bond donors (Lipinski definition) is 0. The summed E-state index contributed by atoms with van der Waals surface area (Å²) < 4.78 is 29.8. The number of halogens is 2. The van der Waals surface area contributed by atoms with E-state index in [0.717, 1.165) is 19.6 Å². The number of piperazine rings is 1. The van der Waals surface area contributed by atoms with Gasteiger partial charge in [-0.3, -0.25) is 14.5 Å². The number of benzene rings is 1. The molecule has 0 aliphatic carbocycles. The second-order valence-corrected chi connectivity index (χ2v) is 7.15. The Morgan fingerprint density at radius 2 is 1.90 bits per heavy atom. The molecule has 156 valence electrons. The number of para-hydroxylation sites is 1. The predicted molar refractivity (Wildman–Crippen MR) is 104 cm³/mol. The number of carbonyl (C=O) groups excluding carboxylic acids is 2. The summed E-state index contributed by atoms with van der Waals surface area (Å²) in [4.78, 5) is 31.6. The second-order valence-electron chi connectivity index (χ2n) is 7.15. The van der Waals surface area contributed by atoms with Crippen molar-refractivity contribution in [1.29, 1.82) is 0 Å². The van der Waals surface area contributed by atoms with Crippen molar-refractivity contribution in [3.63, 3.8) is 0 Å². The number of amides is 2. The maximum atomic E-state index is 13.1. The first kappa shape index (κ1) is 21.1. The normalized spacial score (nSPS) is 20.0. The van der Waals surface area contributed by atoms with Crippen LogP contribution in [-0.2, 0) is 4.79 Å². The summed E-state index contributed by atoms with van der Waals surface area (Å²) >= 11 is 0. The van der Waals surface area contributed by atoms with Crippen LogP contribution in [0.3, 0.4) is 0 Å². The molecule has 2 saturated heterocycles. The quantitative estimate of drug-likeness (QED) is 0.680. The lowest BCUT2D eigenvalue weighted by atomic mass is 10.1. The third-order valence-electron chi connectivity index (χ3n) is 5.39. The summed E-state index contributed by atoms with van der Waals surface area (Å²) in [5.74, 6) is 1.91. The number of ether oxygens (including phenoxy) is 1. The number of likely N-dealkylation sites (tertiary alicyclic amines) is 1. The molecule has 0 bridgehead atoms. The fraction of sp³-hybridized carbons (Fsp3) is 0.524. The lowest BCUT2D eigenvalue weighted by Gasteiger charge is -2.37. The molecule has 2 heterocycles. The van der Waals surface area contributed by atoms with Crippen molar-refractivity contribution in [3.8, 4) is 18.1 Å². The largest absolute Gasteiger partial charge is 0.434 e. The molecule has 1 unspecified atom stereocenters. The highest BCUT2D eigenvalue weighted by molar-refractivity contribution is 6.00. The van der Waals surface area contributed by atoms with Gasteiger partial charge in [0.15, 0.2) is 0 Å². The van der Waals surface area contributed by atoms with Crippen LogP contribution in [0.2, 0.25) is 0 Å². The van der Waals surface area contributed by atoms with Crippen molar-refractivity contribution in [3.05, 3.63) is 29.8 Å². The van der Waals surface area contributed by atoms with Crippen LogP contribution in [0.25, 0.3) is 0 Å². The number of alkyl halides is 2. The Kier molecular flexibility index (Phi) is 7.04. The summed E-state index contributed by atoms with van der Waals surface area (Å²) in [5, 5.41) is 0. The van der Waals surface area contributed by atoms with Gasteiger partial charge >= 0.3 is 6.61 Å². The van der Waals surface area contributed by atoms with Gasteiger partial charge in [-0.1, -0.05) is 12.1 Å². The molecule has 2 fully saturated rings. The zero-order chi connectivity index (χ0) is 20.8. The van der Waals surface area contributed by atoms with Crippen LogP contribution >= 0.6 is 0 Å². The van der Waals surface area contributed by atoms with Gasteiger partial charge in [0.2, 0.25) is 5.91 Å². The number of nitrogens with zero attached hydrogens (tertiary/aromatic N) is 3. The number of carbonyl (C=O) groups is 2. The number of rotatable bonds is 6. The summed E-state index contributed by atoms with van der Waals surface area (Å²) in [7, 11) is 0. The van der Waals surface area contributed by atoms with Crippen molar-refractivity contribution >= 4 is 11.8 Å². The SMILES string of the molecule is C#CCCN1CCN(C(=O)C2CCCN2C(=O)c2ccccc2OC(F)F)CC1. The van der Waals surface area contributed by atoms with Crippen molar-refractivity contribution in [2.45, 2.75) is 31.9 Å². The molecule has 0 radical (unpaired) electrons. The van der Waals surface area contributed by atoms with Crippen molar-refractivity contribution < 1.29 is 23.1 Å². The average molecular weight is 405 g/mol. The first-order chi connectivity index (χ1) is 14.0. The van der Waals surface area contributed by atoms with Gasteiger partial charge in [0.1, 0.15) is 11.8 Å². The van der Waals surface area contributed by atoms with Crippen LogP contribution in [0.15, 0.2) is 24.3 Å². The minimum atomic E-state index is -3.02. The van der Waals surface area contributed by atoms with E-state index < -0.39 is 18.6 Å². The molecule has 3 rings (SSSR count). The lowest BCUT2D eigenvalue weighted by molar-refractivity contribution is -0.137. The van der Waals surface area contributed by atoms with Crippen LogP contribution in [0.4, 0.5) is 8.78 Å². The Morgan fingerprint density at radius 3 is 2.59 bits per heavy atom. The minimum absolute atomic E-state index is 0.0478. The van der Waals surface area contributed by atoms with Crippen molar-refractivity contribution in [2.24, 2.45) is 0 Å². The van der Waals surface area contributed by atoms with Gasteiger partial charge in [0.05, 0.1) is 5.56 Å². The topological polar surface area (TPSA) is 53.1 Å². The zero-order valence-electron chi connectivity index (χ0n) is 16.2. The fourth-order valence-electron chi connectivity index (χ4n) is 3.89. The maximum Gasteiger partial charge on any atom is 0.387 e. The fourth-order valence-corrected chi connectivity index (χ4v) is 3.89. The van der Waals surface area contributed by atoms with E-state index in [9.17, 15) is 18.4 Å². The first-order valence-electron chi connectivity index (χ1n) is 9.80. The number of hydrogen-bond acceptors (Lipinski definition) is 4. The highest BCUT2D eigenvalue weighted by atomic mass is 19.3. The molecule has 2 aliphatic rings. The lowest BCUT2D eigenvalue weighted by Crippen LogP contribution is -2.54. The van der Waals surface area contributed by atoms with Gasteiger partial charge in [0.25, 0.3) is 5.91 Å². The Hall–Kier alpha value is -2.66. The molecule has 1 aromatic carbocycles. The Morgan fingerprint density at radius 1 is 1.17 bits per heavy atom. The van der Waals surface area contributed by atoms with E-state index in [-0.39, 0.29) is 17.2 Å². The van der Waals surface area contributed by atoms with Crippen molar-refractivity contribution in [2.75, 3.05) is 39.3 Å². The number of terminal acetylenes is 1. The van der Waals surface area contributed by atoms with E-state index in [1.54, 1.807) is 11.0 Å². The Bertz CT molecular complexity index is 773. The summed E-state index contributed by atoms with van der Waals surface area (Å²) in [6.07, 6.45) is 7.25. The van der Waals surface area contributed by atoms with Crippen LogP contribution in [0, 0.1) is 12.3 Å². The van der Waals surface area contributed by atoms with E-state index in [4.69, 9.17) is 6.42 Å². The van der Waals surface area contributed by atoms with Crippen LogP contribution in [0.1, 0.15) is 29.6 Å². The van der Waals surface area contributed by atoms with E-state index >= 15 is 0 Å². The smallest absolute Gasteiger partial charge is 0.387 e. The highest BCUT2D eigenvalue weighted by Crippen LogP contribution is 2.27. The van der Waals surface area contributed by atoms with E-state index in [0.29, 0.717) is 38.9 Å². The summed E-state index contributed by atoms with van der Waals surface area (Å²) in [5.41, 5.74) is 0.0478. The van der Waals surface area contributed by atoms with Gasteiger partial charge in [-0.25, -0.2) is 0 Å².